The number of tetrazole rings is 1. The third-order valence-electron chi connectivity index (χ3n) is 4.18. The predicted molar refractivity (Wildman–Crippen MR) is 86.4 cm³/mol. The molecule has 23 heavy (non-hydrogen) atoms. The smallest absolute Gasteiger partial charge is 0.222 e. The Balaban J connectivity index is 1.49. The number of benzene rings is 1. The van der Waals surface area contributed by atoms with Crippen molar-refractivity contribution in [3.05, 3.63) is 29.8 Å². The van der Waals surface area contributed by atoms with Crippen LogP contribution in [0.25, 0.3) is 11.4 Å². The molecule has 1 saturated heterocycles. The van der Waals surface area contributed by atoms with Crippen molar-refractivity contribution in [2.75, 3.05) is 26.7 Å². The Morgan fingerprint density at radius 3 is 2.78 bits per heavy atom. The minimum atomic E-state index is 0.300. The molecule has 1 aliphatic heterocycles. The fourth-order valence-corrected chi connectivity index (χ4v) is 2.82. The first-order valence-electron chi connectivity index (χ1n) is 8.01. The number of H-pyrrole nitrogens is 1. The third kappa shape index (κ3) is 4.13. The topological polar surface area (TPSA) is 78.0 Å². The molecule has 0 bridgehead atoms. The molecule has 7 heteroatoms. The third-order valence-corrected chi connectivity index (χ3v) is 4.18. The van der Waals surface area contributed by atoms with Crippen molar-refractivity contribution in [2.24, 2.45) is 0 Å². The monoisotopic (exact) mass is 314 g/mol. The molecule has 0 aliphatic carbocycles. The average molecular weight is 314 g/mol. The number of aromatic amines is 1. The molecule has 2 heterocycles. The van der Waals surface area contributed by atoms with Gasteiger partial charge in [-0.15, -0.1) is 10.2 Å². The minimum absolute atomic E-state index is 0.300. The van der Waals surface area contributed by atoms with Crippen molar-refractivity contribution >= 4 is 5.91 Å². The van der Waals surface area contributed by atoms with E-state index < -0.39 is 0 Å². The minimum Gasteiger partial charge on any atom is -0.341 e. The Morgan fingerprint density at radius 2 is 2.09 bits per heavy atom. The van der Waals surface area contributed by atoms with Crippen LogP contribution in [0.5, 0.6) is 0 Å². The van der Waals surface area contributed by atoms with Gasteiger partial charge in [0, 0.05) is 38.2 Å². The van der Waals surface area contributed by atoms with E-state index in [-0.39, 0.29) is 0 Å². The number of likely N-dealkylation sites (tertiary alicyclic amines) is 1. The summed E-state index contributed by atoms with van der Waals surface area (Å²) in [4.78, 5) is 16.0. The van der Waals surface area contributed by atoms with Crippen molar-refractivity contribution < 1.29 is 4.79 Å². The molecule has 7 nitrogen and oxygen atoms in total. The number of carbonyl (C=O) groups is 1. The van der Waals surface area contributed by atoms with Gasteiger partial charge in [0.05, 0.1) is 0 Å². The number of amides is 1. The molecule has 0 unspecified atom stereocenters. The summed E-state index contributed by atoms with van der Waals surface area (Å²) < 4.78 is 0. The Morgan fingerprint density at radius 1 is 1.26 bits per heavy atom. The Hall–Kier alpha value is -2.28. The van der Waals surface area contributed by atoms with Gasteiger partial charge in [-0.25, -0.2) is 0 Å². The Labute approximate surface area is 135 Å². The molecule has 3 rings (SSSR count). The maximum atomic E-state index is 11.8. The summed E-state index contributed by atoms with van der Waals surface area (Å²) in [6.45, 7) is 3.47. The number of hydrogen-bond donors (Lipinski definition) is 1. The van der Waals surface area contributed by atoms with E-state index in [1.807, 2.05) is 17.0 Å². The van der Waals surface area contributed by atoms with Gasteiger partial charge in [-0.2, -0.15) is 5.21 Å². The first kappa shape index (κ1) is 15.6. The molecule has 1 aromatic heterocycles. The summed E-state index contributed by atoms with van der Waals surface area (Å²) in [6.07, 6.45) is 2.88. The highest BCUT2D eigenvalue weighted by atomic mass is 16.2. The number of hydrogen-bond acceptors (Lipinski definition) is 5. The fourth-order valence-electron chi connectivity index (χ4n) is 2.82. The lowest BCUT2D eigenvalue weighted by Crippen LogP contribution is -2.40. The first-order valence-corrected chi connectivity index (χ1v) is 8.01. The van der Waals surface area contributed by atoms with Gasteiger partial charge in [-0.3, -0.25) is 4.79 Å². The number of likely N-dealkylation sites (N-methyl/N-ethyl adjacent to an activating group) is 1. The van der Waals surface area contributed by atoms with Gasteiger partial charge in [-0.1, -0.05) is 24.3 Å². The summed E-state index contributed by atoms with van der Waals surface area (Å²) in [5.41, 5.74) is 2.17. The molecular formula is C16H22N6O. The van der Waals surface area contributed by atoms with Crippen LogP contribution in [0.3, 0.4) is 0 Å². The molecule has 1 N–H and O–H groups in total. The second-order valence-electron chi connectivity index (χ2n) is 6.01. The summed E-state index contributed by atoms with van der Waals surface area (Å²) in [5.74, 6) is 0.905. The lowest BCUT2D eigenvalue weighted by Gasteiger charge is -2.28. The molecule has 0 spiro atoms. The van der Waals surface area contributed by atoms with Gasteiger partial charge in [0.15, 0.2) is 0 Å². The molecule has 1 aliphatic rings. The van der Waals surface area contributed by atoms with E-state index in [2.05, 4.69) is 44.7 Å². The van der Waals surface area contributed by atoms with Crippen molar-refractivity contribution in [3.8, 4) is 11.4 Å². The van der Waals surface area contributed by atoms with Gasteiger partial charge in [0.1, 0.15) is 0 Å². The fraction of sp³-hybridized carbons (Fsp3) is 0.500. The van der Waals surface area contributed by atoms with Gasteiger partial charge in [0.25, 0.3) is 0 Å². The van der Waals surface area contributed by atoms with Crippen LogP contribution in [0.15, 0.2) is 24.3 Å². The molecule has 0 atom stereocenters. The van der Waals surface area contributed by atoms with Crippen molar-refractivity contribution in [1.29, 1.82) is 0 Å². The van der Waals surface area contributed by atoms with Crippen molar-refractivity contribution in [3.63, 3.8) is 0 Å². The maximum Gasteiger partial charge on any atom is 0.222 e. The predicted octanol–water partition coefficient (Wildman–Crippen LogP) is 1.31. The van der Waals surface area contributed by atoms with Crippen molar-refractivity contribution in [2.45, 2.75) is 25.8 Å². The number of rotatable bonds is 6. The molecule has 122 valence electrons. The zero-order chi connectivity index (χ0) is 16.1. The van der Waals surface area contributed by atoms with Gasteiger partial charge < -0.3 is 9.80 Å². The summed E-state index contributed by atoms with van der Waals surface area (Å²) in [7, 11) is 2.08. The average Bonchev–Trinajstić information content (AvgIpc) is 3.09. The summed E-state index contributed by atoms with van der Waals surface area (Å²) in [6, 6.07) is 8.16. The molecule has 0 radical (unpaired) electrons. The van der Waals surface area contributed by atoms with Crippen LogP contribution >= 0.6 is 0 Å². The SMILES string of the molecule is CN(CCN1CCCCC1=O)Cc1ccc(-c2nn[nH]n2)cc1. The van der Waals surface area contributed by atoms with E-state index in [4.69, 9.17) is 0 Å². The van der Waals surface area contributed by atoms with E-state index in [0.29, 0.717) is 18.2 Å². The Kier molecular flexibility index (Phi) is 4.97. The molecule has 0 saturated carbocycles. The van der Waals surface area contributed by atoms with Gasteiger partial charge in [-0.05, 0) is 30.7 Å². The lowest BCUT2D eigenvalue weighted by molar-refractivity contribution is -0.133. The lowest BCUT2D eigenvalue weighted by atomic mass is 10.1. The van der Waals surface area contributed by atoms with Crippen LogP contribution in [0.1, 0.15) is 24.8 Å². The van der Waals surface area contributed by atoms with Crippen LogP contribution < -0.4 is 0 Å². The molecule has 1 amide bonds. The maximum absolute atomic E-state index is 11.8. The number of nitrogens with one attached hydrogen (secondary N) is 1. The molecule has 1 aromatic carbocycles. The highest BCUT2D eigenvalue weighted by Crippen LogP contribution is 2.15. The van der Waals surface area contributed by atoms with E-state index >= 15 is 0 Å². The van der Waals surface area contributed by atoms with E-state index in [0.717, 1.165) is 44.6 Å². The quantitative estimate of drug-likeness (QED) is 0.870. The van der Waals surface area contributed by atoms with Crippen LogP contribution in [0.2, 0.25) is 0 Å². The molecule has 2 aromatic rings. The van der Waals surface area contributed by atoms with E-state index in [1.165, 1.54) is 5.56 Å². The number of carbonyl (C=O) groups excluding carboxylic acids is 1. The largest absolute Gasteiger partial charge is 0.341 e. The zero-order valence-electron chi connectivity index (χ0n) is 13.4. The number of nitrogens with zero attached hydrogens (tertiary/aromatic N) is 5. The van der Waals surface area contributed by atoms with Crippen molar-refractivity contribution in [1.82, 2.24) is 30.4 Å². The van der Waals surface area contributed by atoms with E-state index in [1.54, 1.807) is 0 Å². The van der Waals surface area contributed by atoms with Gasteiger partial charge >= 0.3 is 0 Å². The highest BCUT2D eigenvalue weighted by molar-refractivity contribution is 5.76. The van der Waals surface area contributed by atoms with Crippen LogP contribution in [0, 0.1) is 0 Å². The standard InChI is InChI=1S/C16H22N6O/c1-21(10-11-22-9-3-2-4-15(22)23)12-13-5-7-14(8-6-13)16-17-19-20-18-16/h5-8H,2-4,9-12H2,1H3,(H,17,18,19,20). The van der Waals surface area contributed by atoms with Crippen LogP contribution in [-0.2, 0) is 11.3 Å². The Bertz CT molecular complexity index is 625. The second-order valence-corrected chi connectivity index (χ2v) is 6.01. The van der Waals surface area contributed by atoms with Gasteiger partial charge in [0.2, 0.25) is 11.7 Å². The van der Waals surface area contributed by atoms with Crippen LogP contribution in [-0.4, -0.2) is 63.0 Å². The normalized spacial score (nSPS) is 15.4. The number of aromatic nitrogens is 4. The molecule has 1 fully saturated rings. The molecular weight excluding hydrogens is 292 g/mol. The highest BCUT2D eigenvalue weighted by Gasteiger charge is 2.17. The number of piperidine rings is 1. The zero-order valence-corrected chi connectivity index (χ0v) is 13.4. The summed E-state index contributed by atoms with van der Waals surface area (Å²) in [5, 5.41) is 14.0. The van der Waals surface area contributed by atoms with E-state index in [9.17, 15) is 4.79 Å². The van der Waals surface area contributed by atoms with Crippen LogP contribution in [0.4, 0.5) is 0 Å². The second kappa shape index (κ2) is 7.32. The first-order chi connectivity index (χ1) is 11.2. The summed E-state index contributed by atoms with van der Waals surface area (Å²) >= 11 is 0.